The van der Waals surface area contributed by atoms with Gasteiger partial charge >= 0.3 is 0 Å². The minimum absolute atomic E-state index is 0.0448. The van der Waals surface area contributed by atoms with E-state index < -0.39 is 0 Å². The number of carbonyl (C=O) groups excluding carboxylic acids is 1. The first kappa shape index (κ1) is 14.0. The standard InChI is InChI=1S/C15H20N2OS/c1-11-5-4-6-12(9-11)15(18)17(10-14(16)19)13-7-2-3-8-13/h4-6,9,13H,2-3,7-8,10H2,1H3,(H2,16,19). The molecule has 1 aromatic rings. The summed E-state index contributed by atoms with van der Waals surface area (Å²) in [5, 5.41) is 0. The Labute approximate surface area is 119 Å². The molecule has 4 heteroatoms. The molecule has 2 rings (SSSR count). The summed E-state index contributed by atoms with van der Waals surface area (Å²) in [5.74, 6) is 0.0448. The third-order valence-electron chi connectivity index (χ3n) is 3.62. The molecule has 1 fully saturated rings. The molecule has 0 heterocycles. The van der Waals surface area contributed by atoms with Crippen LogP contribution in [0, 0.1) is 6.92 Å². The predicted molar refractivity (Wildman–Crippen MR) is 81.3 cm³/mol. The van der Waals surface area contributed by atoms with E-state index in [2.05, 4.69) is 0 Å². The Balaban J connectivity index is 2.21. The molecule has 0 aromatic heterocycles. The van der Waals surface area contributed by atoms with Crippen molar-refractivity contribution in [3.05, 3.63) is 35.4 Å². The molecule has 1 aliphatic carbocycles. The number of aryl methyl sites for hydroxylation is 1. The number of rotatable bonds is 4. The van der Waals surface area contributed by atoms with Crippen molar-refractivity contribution in [3.8, 4) is 0 Å². The van der Waals surface area contributed by atoms with Gasteiger partial charge < -0.3 is 10.6 Å². The van der Waals surface area contributed by atoms with Crippen LogP contribution in [0.4, 0.5) is 0 Å². The second-order valence-corrected chi connectivity index (χ2v) is 5.73. The topological polar surface area (TPSA) is 46.3 Å². The zero-order valence-electron chi connectivity index (χ0n) is 11.3. The maximum atomic E-state index is 12.6. The highest BCUT2D eigenvalue weighted by molar-refractivity contribution is 7.80. The first-order valence-corrected chi connectivity index (χ1v) is 7.14. The van der Waals surface area contributed by atoms with Crippen molar-refractivity contribution in [1.82, 2.24) is 4.90 Å². The van der Waals surface area contributed by atoms with Crippen molar-refractivity contribution < 1.29 is 4.79 Å². The van der Waals surface area contributed by atoms with Crippen LogP contribution in [-0.2, 0) is 0 Å². The van der Waals surface area contributed by atoms with E-state index in [-0.39, 0.29) is 11.9 Å². The summed E-state index contributed by atoms with van der Waals surface area (Å²) >= 11 is 4.99. The fourth-order valence-corrected chi connectivity index (χ4v) is 2.83. The molecule has 1 aromatic carbocycles. The quantitative estimate of drug-likeness (QED) is 0.860. The van der Waals surface area contributed by atoms with Crippen LogP contribution in [0.1, 0.15) is 41.6 Å². The molecule has 0 atom stereocenters. The molecule has 2 N–H and O–H groups in total. The molecular weight excluding hydrogens is 256 g/mol. The SMILES string of the molecule is Cc1cccc(C(=O)N(CC(N)=S)C2CCCC2)c1. The Hall–Kier alpha value is -1.42. The van der Waals surface area contributed by atoms with E-state index in [1.54, 1.807) is 0 Å². The van der Waals surface area contributed by atoms with E-state index in [1.807, 2.05) is 36.1 Å². The summed E-state index contributed by atoms with van der Waals surface area (Å²) in [6, 6.07) is 7.97. The Morgan fingerprint density at radius 2 is 2.11 bits per heavy atom. The van der Waals surface area contributed by atoms with Crippen LogP contribution >= 0.6 is 12.2 Å². The lowest BCUT2D eigenvalue weighted by molar-refractivity contribution is 0.0714. The van der Waals surface area contributed by atoms with Gasteiger partial charge in [0.05, 0.1) is 11.5 Å². The molecule has 1 aliphatic rings. The van der Waals surface area contributed by atoms with E-state index in [0.29, 0.717) is 11.5 Å². The molecule has 3 nitrogen and oxygen atoms in total. The Kier molecular flexibility index (Phi) is 4.53. The van der Waals surface area contributed by atoms with Crippen LogP contribution in [0.3, 0.4) is 0 Å². The van der Waals surface area contributed by atoms with Gasteiger partial charge in [0.2, 0.25) is 0 Å². The van der Waals surface area contributed by atoms with Gasteiger partial charge in [-0.2, -0.15) is 0 Å². The normalized spacial score (nSPS) is 15.4. The molecule has 0 saturated heterocycles. The second kappa shape index (κ2) is 6.15. The first-order valence-electron chi connectivity index (χ1n) is 6.74. The third kappa shape index (κ3) is 3.53. The van der Waals surface area contributed by atoms with Crippen molar-refractivity contribution in [2.45, 2.75) is 38.6 Å². The van der Waals surface area contributed by atoms with Crippen LogP contribution in [0.5, 0.6) is 0 Å². The number of carbonyl (C=O) groups is 1. The monoisotopic (exact) mass is 276 g/mol. The van der Waals surface area contributed by atoms with Gasteiger partial charge in [-0.3, -0.25) is 4.79 Å². The maximum Gasteiger partial charge on any atom is 0.254 e. The zero-order chi connectivity index (χ0) is 13.8. The van der Waals surface area contributed by atoms with Crippen molar-refractivity contribution in [1.29, 1.82) is 0 Å². The largest absolute Gasteiger partial charge is 0.392 e. The van der Waals surface area contributed by atoms with Crippen molar-refractivity contribution in [2.75, 3.05) is 6.54 Å². The molecule has 0 aliphatic heterocycles. The highest BCUT2D eigenvalue weighted by Crippen LogP contribution is 2.25. The van der Waals surface area contributed by atoms with Crippen LogP contribution < -0.4 is 5.73 Å². The average Bonchev–Trinajstić information content (AvgIpc) is 2.88. The van der Waals surface area contributed by atoms with E-state index in [1.165, 1.54) is 12.8 Å². The van der Waals surface area contributed by atoms with Gasteiger partial charge in [-0.05, 0) is 31.9 Å². The molecule has 102 valence electrons. The number of amides is 1. The minimum atomic E-state index is 0.0448. The van der Waals surface area contributed by atoms with Crippen molar-refractivity contribution in [3.63, 3.8) is 0 Å². The van der Waals surface area contributed by atoms with Crippen LogP contribution in [0.2, 0.25) is 0 Å². The van der Waals surface area contributed by atoms with Crippen molar-refractivity contribution in [2.24, 2.45) is 5.73 Å². The highest BCUT2D eigenvalue weighted by atomic mass is 32.1. The smallest absolute Gasteiger partial charge is 0.254 e. The van der Waals surface area contributed by atoms with Gasteiger partial charge in [0.1, 0.15) is 0 Å². The fraction of sp³-hybridized carbons (Fsp3) is 0.467. The zero-order valence-corrected chi connectivity index (χ0v) is 12.1. The number of hydrogen-bond donors (Lipinski definition) is 1. The molecule has 0 bridgehead atoms. The van der Waals surface area contributed by atoms with Gasteiger partial charge in [-0.1, -0.05) is 42.8 Å². The van der Waals surface area contributed by atoms with Crippen LogP contribution in [-0.4, -0.2) is 28.4 Å². The van der Waals surface area contributed by atoms with Gasteiger partial charge in [-0.25, -0.2) is 0 Å². The van der Waals surface area contributed by atoms with E-state index in [9.17, 15) is 4.79 Å². The third-order valence-corrected chi connectivity index (χ3v) is 3.75. The van der Waals surface area contributed by atoms with E-state index in [4.69, 9.17) is 18.0 Å². The minimum Gasteiger partial charge on any atom is -0.392 e. The van der Waals surface area contributed by atoms with E-state index in [0.717, 1.165) is 24.0 Å². The molecule has 19 heavy (non-hydrogen) atoms. The predicted octanol–water partition coefficient (Wildman–Crippen LogP) is 2.67. The Morgan fingerprint density at radius 3 is 2.68 bits per heavy atom. The van der Waals surface area contributed by atoms with Gasteiger partial charge in [-0.15, -0.1) is 0 Å². The number of benzene rings is 1. The lowest BCUT2D eigenvalue weighted by atomic mass is 10.1. The summed E-state index contributed by atoms with van der Waals surface area (Å²) < 4.78 is 0. The lowest BCUT2D eigenvalue weighted by Gasteiger charge is -2.28. The molecular formula is C15H20N2OS. The summed E-state index contributed by atoms with van der Waals surface area (Å²) in [6.45, 7) is 2.37. The summed E-state index contributed by atoms with van der Waals surface area (Å²) in [5.41, 5.74) is 7.46. The van der Waals surface area contributed by atoms with Crippen LogP contribution in [0.15, 0.2) is 24.3 Å². The molecule has 0 spiro atoms. The molecule has 0 radical (unpaired) electrons. The molecule has 1 saturated carbocycles. The summed E-state index contributed by atoms with van der Waals surface area (Å²) in [4.78, 5) is 14.9. The summed E-state index contributed by atoms with van der Waals surface area (Å²) in [6.07, 6.45) is 4.47. The highest BCUT2D eigenvalue weighted by Gasteiger charge is 2.27. The summed E-state index contributed by atoms with van der Waals surface area (Å²) in [7, 11) is 0. The van der Waals surface area contributed by atoms with Crippen LogP contribution in [0.25, 0.3) is 0 Å². The average molecular weight is 276 g/mol. The second-order valence-electron chi connectivity index (χ2n) is 5.21. The number of thiocarbonyl (C=S) groups is 1. The first-order chi connectivity index (χ1) is 9.08. The lowest BCUT2D eigenvalue weighted by Crippen LogP contribution is -2.43. The van der Waals surface area contributed by atoms with Gasteiger partial charge in [0, 0.05) is 11.6 Å². The maximum absolute atomic E-state index is 12.6. The Bertz CT molecular complexity index is 481. The Morgan fingerprint density at radius 1 is 1.42 bits per heavy atom. The van der Waals surface area contributed by atoms with Gasteiger partial charge in [0.25, 0.3) is 5.91 Å². The van der Waals surface area contributed by atoms with E-state index >= 15 is 0 Å². The van der Waals surface area contributed by atoms with Gasteiger partial charge in [0.15, 0.2) is 0 Å². The number of hydrogen-bond acceptors (Lipinski definition) is 2. The molecule has 1 amide bonds. The number of nitrogens with two attached hydrogens (primary N) is 1. The van der Waals surface area contributed by atoms with Crippen molar-refractivity contribution >= 4 is 23.1 Å². The number of nitrogens with zero attached hydrogens (tertiary/aromatic N) is 1. The molecule has 0 unspecified atom stereocenters. The fourth-order valence-electron chi connectivity index (χ4n) is 2.69.